The summed E-state index contributed by atoms with van der Waals surface area (Å²) < 4.78 is 13.5. The molecule has 106 valence electrons. The summed E-state index contributed by atoms with van der Waals surface area (Å²) in [6.07, 6.45) is 0.200. The van der Waals surface area contributed by atoms with Gasteiger partial charge < -0.3 is 10.4 Å². The Hall–Kier alpha value is -1.71. The number of aliphatic hydroxyl groups is 1. The molecule has 3 heteroatoms. The zero-order chi connectivity index (χ0) is 14.4. The van der Waals surface area contributed by atoms with Crippen molar-refractivity contribution < 1.29 is 9.50 Å². The third kappa shape index (κ3) is 3.89. The Morgan fingerprint density at radius 2 is 1.70 bits per heavy atom. The number of hydrogen-bond donors (Lipinski definition) is 2. The molecule has 0 aromatic heterocycles. The van der Waals surface area contributed by atoms with Crippen molar-refractivity contribution in [2.75, 3.05) is 6.54 Å². The van der Waals surface area contributed by atoms with Gasteiger partial charge in [-0.25, -0.2) is 4.39 Å². The Kier molecular flexibility index (Phi) is 5.27. The summed E-state index contributed by atoms with van der Waals surface area (Å²) in [6, 6.07) is 14.7. The monoisotopic (exact) mass is 273 g/mol. The van der Waals surface area contributed by atoms with Crippen LogP contribution in [0.5, 0.6) is 0 Å². The molecule has 0 aliphatic heterocycles. The summed E-state index contributed by atoms with van der Waals surface area (Å²) in [6.45, 7) is 3.12. The van der Waals surface area contributed by atoms with Crippen LogP contribution in [0.2, 0.25) is 0 Å². The zero-order valence-corrected chi connectivity index (χ0v) is 11.6. The minimum Gasteiger partial charge on any atom is -0.387 e. The lowest BCUT2D eigenvalue weighted by atomic mass is 10.1. The molecule has 0 aliphatic rings. The van der Waals surface area contributed by atoms with Gasteiger partial charge in [-0.05, 0) is 23.6 Å². The van der Waals surface area contributed by atoms with Gasteiger partial charge >= 0.3 is 0 Å². The highest BCUT2D eigenvalue weighted by atomic mass is 19.1. The van der Waals surface area contributed by atoms with Gasteiger partial charge in [0.1, 0.15) is 5.82 Å². The quantitative estimate of drug-likeness (QED) is 0.847. The van der Waals surface area contributed by atoms with Gasteiger partial charge in [-0.15, -0.1) is 0 Å². The molecule has 0 aliphatic carbocycles. The van der Waals surface area contributed by atoms with E-state index in [2.05, 4.69) is 36.5 Å². The maximum absolute atomic E-state index is 13.5. The molecule has 2 aromatic rings. The van der Waals surface area contributed by atoms with Gasteiger partial charge in [-0.2, -0.15) is 0 Å². The maximum Gasteiger partial charge on any atom is 0.129 e. The molecule has 0 spiro atoms. The highest BCUT2D eigenvalue weighted by Gasteiger charge is 2.11. The highest BCUT2D eigenvalue weighted by molar-refractivity contribution is 5.23. The smallest absolute Gasteiger partial charge is 0.129 e. The van der Waals surface area contributed by atoms with Crippen molar-refractivity contribution in [1.29, 1.82) is 0 Å². The number of benzene rings is 2. The van der Waals surface area contributed by atoms with E-state index in [4.69, 9.17) is 0 Å². The lowest BCUT2D eigenvalue weighted by Gasteiger charge is -2.13. The number of rotatable bonds is 6. The van der Waals surface area contributed by atoms with Crippen LogP contribution in [0.15, 0.2) is 48.5 Å². The van der Waals surface area contributed by atoms with Gasteiger partial charge in [0.25, 0.3) is 0 Å². The molecule has 0 saturated heterocycles. The first kappa shape index (κ1) is 14.7. The number of aryl methyl sites for hydroxylation is 1. The van der Waals surface area contributed by atoms with E-state index in [9.17, 15) is 9.50 Å². The van der Waals surface area contributed by atoms with E-state index in [1.807, 2.05) is 0 Å². The minimum atomic E-state index is -0.828. The van der Waals surface area contributed by atoms with Crippen molar-refractivity contribution >= 4 is 0 Å². The molecule has 1 unspecified atom stereocenters. The second kappa shape index (κ2) is 7.17. The van der Waals surface area contributed by atoms with Crippen LogP contribution in [-0.2, 0) is 13.0 Å². The van der Waals surface area contributed by atoms with E-state index in [0.717, 1.165) is 12.0 Å². The van der Waals surface area contributed by atoms with E-state index in [1.165, 1.54) is 11.6 Å². The van der Waals surface area contributed by atoms with Crippen molar-refractivity contribution in [3.05, 3.63) is 71.0 Å². The van der Waals surface area contributed by atoms with E-state index in [0.29, 0.717) is 18.7 Å². The van der Waals surface area contributed by atoms with E-state index >= 15 is 0 Å². The molecule has 2 rings (SSSR count). The first-order valence-electron chi connectivity index (χ1n) is 6.91. The van der Waals surface area contributed by atoms with Crippen LogP contribution in [0.4, 0.5) is 4.39 Å². The normalized spacial score (nSPS) is 12.3. The van der Waals surface area contributed by atoms with Crippen LogP contribution in [0, 0.1) is 5.82 Å². The standard InChI is InChI=1S/C17H20FNO/c1-2-13-7-9-14(10-8-13)11-19-12-17(20)15-5-3-4-6-16(15)18/h3-10,17,19-20H,2,11-12H2,1H3. The predicted octanol–water partition coefficient (Wildman–Crippen LogP) is 3.21. The fourth-order valence-corrected chi connectivity index (χ4v) is 2.10. The van der Waals surface area contributed by atoms with E-state index < -0.39 is 6.10 Å². The average Bonchev–Trinajstić information content (AvgIpc) is 2.48. The summed E-state index contributed by atoms with van der Waals surface area (Å²) in [5.41, 5.74) is 2.80. The van der Waals surface area contributed by atoms with Crippen molar-refractivity contribution in [3.63, 3.8) is 0 Å². The molecule has 0 heterocycles. The van der Waals surface area contributed by atoms with Crippen molar-refractivity contribution in [2.45, 2.75) is 26.0 Å². The SMILES string of the molecule is CCc1ccc(CNCC(O)c2ccccc2F)cc1. The van der Waals surface area contributed by atoms with Gasteiger partial charge in [-0.1, -0.05) is 49.4 Å². The second-order valence-electron chi connectivity index (χ2n) is 4.84. The molecule has 2 N–H and O–H groups in total. The summed E-state index contributed by atoms with van der Waals surface area (Å²) in [5, 5.41) is 13.1. The topological polar surface area (TPSA) is 32.3 Å². The van der Waals surface area contributed by atoms with E-state index in [-0.39, 0.29) is 5.82 Å². The molecule has 0 saturated carbocycles. The summed E-state index contributed by atoms with van der Waals surface area (Å²) >= 11 is 0. The largest absolute Gasteiger partial charge is 0.387 e. The maximum atomic E-state index is 13.5. The Labute approximate surface area is 119 Å². The van der Waals surface area contributed by atoms with E-state index in [1.54, 1.807) is 18.2 Å². The molecule has 0 radical (unpaired) electrons. The molecule has 1 atom stereocenters. The van der Waals surface area contributed by atoms with Crippen LogP contribution in [0.25, 0.3) is 0 Å². The first-order valence-corrected chi connectivity index (χ1v) is 6.91. The Balaban J connectivity index is 1.84. The molecule has 2 aromatic carbocycles. The Bertz CT molecular complexity index is 539. The van der Waals surface area contributed by atoms with Crippen molar-refractivity contribution in [3.8, 4) is 0 Å². The highest BCUT2D eigenvalue weighted by Crippen LogP contribution is 2.15. The van der Waals surface area contributed by atoms with Crippen LogP contribution in [-0.4, -0.2) is 11.7 Å². The van der Waals surface area contributed by atoms with Gasteiger partial charge in [-0.3, -0.25) is 0 Å². The van der Waals surface area contributed by atoms with Crippen molar-refractivity contribution in [1.82, 2.24) is 5.32 Å². The third-order valence-electron chi connectivity index (χ3n) is 3.36. The predicted molar refractivity (Wildman–Crippen MR) is 78.9 cm³/mol. The van der Waals surface area contributed by atoms with Crippen LogP contribution >= 0.6 is 0 Å². The fourth-order valence-electron chi connectivity index (χ4n) is 2.10. The number of hydrogen-bond acceptors (Lipinski definition) is 2. The average molecular weight is 273 g/mol. The number of nitrogens with one attached hydrogen (secondary N) is 1. The lowest BCUT2D eigenvalue weighted by Crippen LogP contribution is -2.21. The molecule has 2 nitrogen and oxygen atoms in total. The minimum absolute atomic E-state index is 0.330. The molecule has 0 bridgehead atoms. The van der Waals surface area contributed by atoms with Gasteiger partial charge in [0.2, 0.25) is 0 Å². The van der Waals surface area contributed by atoms with Crippen LogP contribution in [0.1, 0.15) is 29.7 Å². The Morgan fingerprint density at radius 1 is 1.05 bits per heavy atom. The lowest BCUT2D eigenvalue weighted by molar-refractivity contribution is 0.169. The molecular formula is C17H20FNO. The molecule has 20 heavy (non-hydrogen) atoms. The number of halogens is 1. The summed E-state index contributed by atoms with van der Waals surface area (Å²) in [4.78, 5) is 0. The van der Waals surface area contributed by atoms with Crippen LogP contribution < -0.4 is 5.32 Å². The van der Waals surface area contributed by atoms with Crippen LogP contribution in [0.3, 0.4) is 0 Å². The summed E-state index contributed by atoms with van der Waals surface area (Å²) in [5.74, 6) is -0.367. The van der Waals surface area contributed by atoms with Crippen molar-refractivity contribution in [2.24, 2.45) is 0 Å². The van der Waals surface area contributed by atoms with Gasteiger partial charge in [0, 0.05) is 18.7 Å². The molecule has 0 fully saturated rings. The third-order valence-corrected chi connectivity index (χ3v) is 3.36. The van der Waals surface area contributed by atoms with Gasteiger partial charge in [0.05, 0.1) is 6.10 Å². The van der Waals surface area contributed by atoms with Gasteiger partial charge in [0.15, 0.2) is 0 Å². The zero-order valence-electron chi connectivity index (χ0n) is 11.6. The molecular weight excluding hydrogens is 253 g/mol. The first-order chi connectivity index (χ1) is 9.70. The molecule has 0 amide bonds. The second-order valence-corrected chi connectivity index (χ2v) is 4.84. The summed E-state index contributed by atoms with van der Waals surface area (Å²) in [7, 11) is 0. The number of aliphatic hydroxyl groups excluding tert-OH is 1. The fraction of sp³-hybridized carbons (Fsp3) is 0.294. The Morgan fingerprint density at radius 3 is 2.35 bits per heavy atom.